The zero-order valence-corrected chi connectivity index (χ0v) is 16.8. The SMILES string of the molecule is C[P+](=O)OCCOc1ccc2c(=O)c3c(O)cc(N4CCOCC4)cc3oc2c1. The van der Waals surface area contributed by atoms with Crippen LogP contribution < -0.4 is 15.1 Å². The first-order valence-electron chi connectivity index (χ1n) is 9.26. The molecule has 1 aliphatic rings. The van der Waals surface area contributed by atoms with E-state index < -0.39 is 8.03 Å². The lowest BCUT2D eigenvalue weighted by molar-refractivity contribution is 0.122. The van der Waals surface area contributed by atoms with E-state index in [0.717, 1.165) is 5.69 Å². The average Bonchev–Trinajstić information content (AvgIpc) is 2.71. The number of ether oxygens (including phenoxy) is 2. The Morgan fingerprint density at radius 1 is 1.14 bits per heavy atom. The number of morpholine rings is 1. The molecule has 0 saturated carbocycles. The Kier molecular flexibility index (Phi) is 5.67. The minimum Gasteiger partial charge on any atom is -0.507 e. The third-order valence-electron chi connectivity index (χ3n) is 4.71. The van der Waals surface area contributed by atoms with E-state index in [-0.39, 0.29) is 29.8 Å². The lowest BCUT2D eigenvalue weighted by Gasteiger charge is -2.29. The van der Waals surface area contributed by atoms with Gasteiger partial charge in [-0.15, -0.1) is 4.52 Å². The van der Waals surface area contributed by atoms with Gasteiger partial charge in [-0.3, -0.25) is 4.79 Å². The normalized spacial score (nSPS) is 15.1. The minimum absolute atomic E-state index is 0.106. The van der Waals surface area contributed by atoms with Crippen molar-refractivity contribution in [2.45, 2.75) is 0 Å². The number of rotatable bonds is 6. The number of phenols is 1. The van der Waals surface area contributed by atoms with Crippen molar-refractivity contribution in [3.05, 3.63) is 40.6 Å². The smallest absolute Gasteiger partial charge is 0.504 e. The van der Waals surface area contributed by atoms with E-state index in [1.54, 1.807) is 30.3 Å². The number of phenolic OH excluding ortho intramolecular Hbond substituents is 1. The van der Waals surface area contributed by atoms with Gasteiger partial charge in [0, 0.05) is 37.0 Å². The molecule has 0 spiro atoms. The predicted molar refractivity (Wildman–Crippen MR) is 110 cm³/mol. The summed E-state index contributed by atoms with van der Waals surface area (Å²) in [5, 5.41) is 11.0. The molecule has 3 aromatic rings. The van der Waals surface area contributed by atoms with E-state index in [9.17, 15) is 14.5 Å². The fraction of sp³-hybridized carbons (Fsp3) is 0.350. The van der Waals surface area contributed by atoms with Gasteiger partial charge in [-0.1, -0.05) is 0 Å². The topological polar surface area (TPSA) is 98.4 Å². The van der Waals surface area contributed by atoms with Crippen molar-refractivity contribution in [3.8, 4) is 11.5 Å². The maximum Gasteiger partial charge on any atom is 0.504 e. The number of benzene rings is 2. The molecule has 1 N–H and O–H groups in total. The summed E-state index contributed by atoms with van der Waals surface area (Å²) in [5.41, 5.74) is 1.15. The summed E-state index contributed by atoms with van der Waals surface area (Å²) in [6.07, 6.45) is 0. The van der Waals surface area contributed by atoms with E-state index in [2.05, 4.69) is 4.90 Å². The Labute approximate surface area is 167 Å². The van der Waals surface area contributed by atoms with E-state index in [1.807, 2.05) is 0 Å². The average molecular weight is 418 g/mol. The van der Waals surface area contributed by atoms with Crippen LogP contribution in [0, 0.1) is 0 Å². The molecule has 2 aromatic carbocycles. The number of aromatic hydroxyl groups is 1. The predicted octanol–water partition coefficient (Wildman–Crippen LogP) is 3.26. The van der Waals surface area contributed by atoms with Gasteiger partial charge in [-0.25, -0.2) is 0 Å². The maximum atomic E-state index is 12.9. The molecule has 1 fully saturated rings. The lowest BCUT2D eigenvalue weighted by atomic mass is 10.1. The standard InChI is InChI=1S/C20H20NO7P/c1-29(24)27-9-8-26-14-2-3-15-17(12-14)28-18-11-13(21-4-6-25-7-5-21)10-16(22)19(18)20(15)23/h2-3,10-12H,4-9H2,1H3/p+1. The van der Waals surface area contributed by atoms with Gasteiger partial charge in [0.25, 0.3) is 0 Å². The zero-order chi connectivity index (χ0) is 20.4. The van der Waals surface area contributed by atoms with Crippen LogP contribution in [0.4, 0.5) is 5.69 Å². The molecular formula is C20H21NO7P+. The molecule has 2 heterocycles. The van der Waals surface area contributed by atoms with Gasteiger partial charge in [-0.2, -0.15) is 0 Å². The van der Waals surface area contributed by atoms with Crippen molar-refractivity contribution in [2.24, 2.45) is 0 Å². The molecule has 0 radical (unpaired) electrons. The fourth-order valence-electron chi connectivity index (χ4n) is 3.34. The van der Waals surface area contributed by atoms with Crippen LogP contribution in [0.3, 0.4) is 0 Å². The minimum atomic E-state index is -1.67. The van der Waals surface area contributed by atoms with Crippen LogP contribution in [0.5, 0.6) is 11.5 Å². The second-order valence-corrected chi connectivity index (χ2v) is 7.79. The molecular weight excluding hydrogens is 397 g/mol. The highest BCUT2D eigenvalue weighted by atomic mass is 31.1. The van der Waals surface area contributed by atoms with Crippen LogP contribution in [0.15, 0.2) is 39.5 Å². The first-order valence-corrected chi connectivity index (χ1v) is 10.9. The molecule has 1 atom stereocenters. The van der Waals surface area contributed by atoms with Crippen molar-refractivity contribution in [2.75, 3.05) is 51.1 Å². The van der Waals surface area contributed by atoms with Crippen LogP contribution in [0.25, 0.3) is 21.9 Å². The van der Waals surface area contributed by atoms with Gasteiger partial charge in [-0.05, 0) is 16.7 Å². The molecule has 0 amide bonds. The first-order chi connectivity index (χ1) is 14.0. The van der Waals surface area contributed by atoms with Crippen molar-refractivity contribution < 1.29 is 28.1 Å². The van der Waals surface area contributed by atoms with E-state index >= 15 is 0 Å². The highest BCUT2D eigenvalue weighted by Gasteiger charge is 2.18. The molecule has 8 nitrogen and oxygen atoms in total. The molecule has 1 saturated heterocycles. The van der Waals surface area contributed by atoms with Gasteiger partial charge in [0.05, 0.1) is 18.6 Å². The molecule has 1 unspecified atom stereocenters. The monoisotopic (exact) mass is 418 g/mol. The molecule has 1 aliphatic heterocycles. The maximum absolute atomic E-state index is 12.9. The Morgan fingerprint density at radius 2 is 1.93 bits per heavy atom. The van der Waals surface area contributed by atoms with Crippen LogP contribution in [0.1, 0.15) is 0 Å². The van der Waals surface area contributed by atoms with E-state index in [4.69, 9.17) is 18.4 Å². The van der Waals surface area contributed by atoms with Crippen LogP contribution in [0.2, 0.25) is 0 Å². The van der Waals surface area contributed by atoms with Gasteiger partial charge >= 0.3 is 8.03 Å². The molecule has 29 heavy (non-hydrogen) atoms. The van der Waals surface area contributed by atoms with Crippen molar-refractivity contribution in [1.29, 1.82) is 0 Å². The third kappa shape index (κ3) is 4.19. The highest BCUT2D eigenvalue weighted by molar-refractivity contribution is 7.38. The summed E-state index contributed by atoms with van der Waals surface area (Å²) in [4.78, 5) is 15.0. The number of fused-ring (bicyclic) bond motifs is 2. The summed E-state index contributed by atoms with van der Waals surface area (Å²) in [6, 6.07) is 8.23. The van der Waals surface area contributed by atoms with Gasteiger partial charge in [0.1, 0.15) is 41.3 Å². The molecule has 0 bridgehead atoms. The van der Waals surface area contributed by atoms with Crippen molar-refractivity contribution in [1.82, 2.24) is 0 Å². The molecule has 1 aromatic heterocycles. The van der Waals surface area contributed by atoms with Crippen molar-refractivity contribution >= 4 is 35.7 Å². The van der Waals surface area contributed by atoms with Gasteiger partial charge in [0.15, 0.2) is 6.66 Å². The number of hydrogen-bond acceptors (Lipinski definition) is 8. The Hall–Kier alpha value is -2.67. The highest BCUT2D eigenvalue weighted by Crippen LogP contribution is 2.32. The largest absolute Gasteiger partial charge is 0.507 e. The zero-order valence-electron chi connectivity index (χ0n) is 15.9. The number of anilines is 1. The second-order valence-electron chi connectivity index (χ2n) is 6.65. The van der Waals surface area contributed by atoms with Crippen molar-refractivity contribution in [3.63, 3.8) is 0 Å². The summed E-state index contributed by atoms with van der Waals surface area (Å²) in [6.45, 7) is 4.51. The Bertz CT molecular complexity index is 1120. The summed E-state index contributed by atoms with van der Waals surface area (Å²) >= 11 is 0. The third-order valence-corrected chi connectivity index (χ3v) is 5.26. The van der Waals surface area contributed by atoms with Gasteiger partial charge < -0.3 is 23.9 Å². The number of nitrogens with zero attached hydrogens (tertiary/aromatic N) is 1. The van der Waals surface area contributed by atoms with Gasteiger partial charge in [0.2, 0.25) is 5.43 Å². The lowest BCUT2D eigenvalue weighted by Crippen LogP contribution is -2.36. The van der Waals surface area contributed by atoms with Crippen LogP contribution in [-0.4, -0.2) is 51.3 Å². The quantitative estimate of drug-likeness (QED) is 0.370. The Morgan fingerprint density at radius 3 is 2.69 bits per heavy atom. The first kappa shape index (κ1) is 19.6. The van der Waals surface area contributed by atoms with Crippen LogP contribution in [-0.2, 0) is 13.8 Å². The summed E-state index contributed by atoms with van der Waals surface area (Å²) in [5.74, 6) is 0.397. The molecule has 152 valence electrons. The second kappa shape index (κ2) is 8.37. The van der Waals surface area contributed by atoms with Crippen LogP contribution >= 0.6 is 8.03 Å². The molecule has 0 aliphatic carbocycles. The Balaban J connectivity index is 1.69. The fourth-order valence-corrected chi connectivity index (χ4v) is 3.67. The van der Waals surface area contributed by atoms with E-state index in [0.29, 0.717) is 48.6 Å². The van der Waals surface area contributed by atoms with E-state index in [1.165, 1.54) is 6.66 Å². The summed E-state index contributed by atoms with van der Waals surface area (Å²) in [7, 11) is -1.67. The molecule has 4 rings (SSSR count). The number of hydrogen-bond donors (Lipinski definition) is 1. The molecule has 9 heteroatoms. The summed E-state index contributed by atoms with van der Waals surface area (Å²) < 4.78 is 32.8.